The number of aromatic nitrogens is 1. The fraction of sp³-hybridized carbons (Fsp3) is 0.538. The van der Waals surface area contributed by atoms with Gasteiger partial charge in [0.2, 0.25) is 5.82 Å². The second kappa shape index (κ2) is 6.31. The van der Waals surface area contributed by atoms with E-state index in [4.69, 9.17) is 4.74 Å². The Hall–Kier alpha value is -2.18. The lowest BCUT2D eigenvalue weighted by Gasteiger charge is -2.31. The van der Waals surface area contributed by atoms with Gasteiger partial charge in [0, 0.05) is 25.4 Å². The molecule has 0 amide bonds. The first kappa shape index (κ1) is 14.2. The number of piperidine rings is 1. The molecule has 0 unspecified atom stereocenters. The summed E-state index contributed by atoms with van der Waals surface area (Å²) in [6.45, 7) is 3.19. The lowest BCUT2D eigenvalue weighted by molar-refractivity contribution is -0.384. The van der Waals surface area contributed by atoms with E-state index in [1.807, 2.05) is 0 Å². The maximum Gasteiger partial charge on any atom is 0.311 e. The van der Waals surface area contributed by atoms with E-state index in [2.05, 4.69) is 4.98 Å². The zero-order chi connectivity index (χ0) is 14.5. The second-order valence-corrected chi connectivity index (χ2v) is 4.64. The van der Waals surface area contributed by atoms with E-state index >= 15 is 0 Å². The zero-order valence-corrected chi connectivity index (χ0v) is 11.3. The Morgan fingerprint density at radius 3 is 3.15 bits per heavy atom. The Bertz CT molecular complexity index is 506. The van der Waals surface area contributed by atoms with Crippen molar-refractivity contribution in [3.05, 3.63) is 28.4 Å². The van der Waals surface area contributed by atoms with Crippen LogP contribution in [0.4, 0.5) is 11.5 Å². The summed E-state index contributed by atoms with van der Waals surface area (Å²) in [6, 6.07) is 2.96. The molecule has 2 rings (SSSR count). The summed E-state index contributed by atoms with van der Waals surface area (Å²) in [7, 11) is 0. The molecule has 2 heterocycles. The largest absolute Gasteiger partial charge is 0.466 e. The van der Waals surface area contributed by atoms with Gasteiger partial charge >= 0.3 is 11.7 Å². The molecular weight excluding hydrogens is 262 g/mol. The number of nitro groups is 1. The SMILES string of the molecule is CCOC(=O)[C@@H]1CCCN(c2ncccc2[N+](=O)[O-])C1. The number of pyridine rings is 1. The van der Waals surface area contributed by atoms with Gasteiger partial charge in [-0.25, -0.2) is 4.98 Å². The normalized spacial score (nSPS) is 18.6. The molecule has 0 bridgehead atoms. The summed E-state index contributed by atoms with van der Waals surface area (Å²) in [6.07, 6.45) is 3.06. The monoisotopic (exact) mass is 279 g/mol. The van der Waals surface area contributed by atoms with Gasteiger partial charge in [-0.15, -0.1) is 0 Å². The second-order valence-electron chi connectivity index (χ2n) is 4.64. The fourth-order valence-corrected chi connectivity index (χ4v) is 2.40. The third kappa shape index (κ3) is 3.04. The molecule has 0 radical (unpaired) electrons. The van der Waals surface area contributed by atoms with Crippen LogP contribution in [0.25, 0.3) is 0 Å². The number of anilines is 1. The van der Waals surface area contributed by atoms with Crippen LogP contribution in [0.1, 0.15) is 19.8 Å². The van der Waals surface area contributed by atoms with Gasteiger partial charge in [0.25, 0.3) is 0 Å². The van der Waals surface area contributed by atoms with Crippen molar-refractivity contribution in [3.63, 3.8) is 0 Å². The molecule has 20 heavy (non-hydrogen) atoms. The van der Waals surface area contributed by atoms with Gasteiger partial charge in [0.15, 0.2) is 0 Å². The molecule has 0 aromatic carbocycles. The lowest BCUT2D eigenvalue weighted by atomic mass is 9.98. The quantitative estimate of drug-likeness (QED) is 0.474. The Morgan fingerprint density at radius 1 is 1.65 bits per heavy atom. The van der Waals surface area contributed by atoms with E-state index in [9.17, 15) is 14.9 Å². The minimum Gasteiger partial charge on any atom is -0.466 e. The Kier molecular flexibility index (Phi) is 4.49. The van der Waals surface area contributed by atoms with Gasteiger partial charge in [0.1, 0.15) is 0 Å². The average Bonchev–Trinajstić information content (AvgIpc) is 2.47. The minimum atomic E-state index is -0.448. The van der Waals surface area contributed by atoms with Crippen LogP contribution in [0.15, 0.2) is 18.3 Å². The van der Waals surface area contributed by atoms with Crippen LogP contribution in [-0.4, -0.2) is 35.6 Å². The number of carbonyl (C=O) groups excluding carboxylic acids is 1. The molecule has 0 aliphatic carbocycles. The topological polar surface area (TPSA) is 85.6 Å². The summed E-state index contributed by atoms with van der Waals surface area (Å²) < 4.78 is 5.02. The van der Waals surface area contributed by atoms with Gasteiger partial charge in [-0.2, -0.15) is 0 Å². The van der Waals surface area contributed by atoms with Crippen molar-refractivity contribution in [2.45, 2.75) is 19.8 Å². The molecule has 0 spiro atoms. The highest BCUT2D eigenvalue weighted by molar-refractivity contribution is 5.74. The van der Waals surface area contributed by atoms with E-state index in [1.165, 1.54) is 18.3 Å². The molecule has 0 N–H and O–H groups in total. The van der Waals surface area contributed by atoms with Gasteiger partial charge < -0.3 is 9.64 Å². The van der Waals surface area contributed by atoms with Crippen LogP contribution >= 0.6 is 0 Å². The Morgan fingerprint density at radius 2 is 2.45 bits per heavy atom. The molecule has 7 heteroatoms. The molecule has 7 nitrogen and oxygen atoms in total. The molecule has 1 saturated heterocycles. The highest BCUT2D eigenvalue weighted by Gasteiger charge is 2.30. The number of ether oxygens (including phenoxy) is 1. The average molecular weight is 279 g/mol. The fourth-order valence-electron chi connectivity index (χ4n) is 2.40. The third-order valence-electron chi connectivity index (χ3n) is 3.30. The highest BCUT2D eigenvalue weighted by Crippen LogP contribution is 2.29. The maximum atomic E-state index is 11.8. The Balaban J connectivity index is 2.17. The van der Waals surface area contributed by atoms with Crippen LogP contribution in [0.3, 0.4) is 0 Å². The molecule has 1 aliphatic rings. The predicted molar refractivity (Wildman–Crippen MR) is 72.5 cm³/mol. The van der Waals surface area contributed by atoms with E-state index in [0.717, 1.165) is 12.8 Å². The van der Waals surface area contributed by atoms with E-state index in [0.29, 0.717) is 25.5 Å². The Labute approximate surface area is 116 Å². The first-order valence-electron chi connectivity index (χ1n) is 6.64. The smallest absolute Gasteiger partial charge is 0.311 e. The van der Waals surface area contributed by atoms with Gasteiger partial charge in [-0.05, 0) is 25.8 Å². The van der Waals surface area contributed by atoms with Crippen LogP contribution in [0.2, 0.25) is 0 Å². The van der Waals surface area contributed by atoms with E-state index < -0.39 is 4.92 Å². The third-order valence-corrected chi connectivity index (χ3v) is 3.30. The van der Waals surface area contributed by atoms with Crippen molar-refractivity contribution in [2.24, 2.45) is 5.92 Å². The predicted octanol–water partition coefficient (Wildman–Crippen LogP) is 1.77. The van der Waals surface area contributed by atoms with Crippen molar-refractivity contribution >= 4 is 17.5 Å². The van der Waals surface area contributed by atoms with Gasteiger partial charge in [-0.3, -0.25) is 14.9 Å². The van der Waals surface area contributed by atoms with Gasteiger partial charge in [-0.1, -0.05) is 0 Å². The summed E-state index contributed by atoms with van der Waals surface area (Å²) in [4.78, 5) is 28.3. The van der Waals surface area contributed by atoms with Crippen molar-refractivity contribution in [1.29, 1.82) is 0 Å². The summed E-state index contributed by atoms with van der Waals surface area (Å²) >= 11 is 0. The molecular formula is C13H17N3O4. The number of rotatable bonds is 4. The molecule has 1 aromatic heterocycles. The van der Waals surface area contributed by atoms with Crippen LogP contribution < -0.4 is 4.90 Å². The summed E-state index contributed by atoms with van der Waals surface area (Å²) in [5.74, 6) is -0.160. The highest BCUT2D eigenvalue weighted by atomic mass is 16.6. The summed E-state index contributed by atoms with van der Waals surface area (Å²) in [5, 5.41) is 11.0. The van der Waals surface area contributed by atoms with Crippen molar-refractivity contribution in [1.82, 2.24) is 4.98 Å². The number of esters is 1. The minimum absolute atomic E-state index is 0.0305. The zero-order valence-electron chi connectivity index (χ0n) is 11.3. The van der Waals surface area contributed by atoms with Crippen molar-refractivity contribution < 1.29 is 14.5 Å². The molecule has 1 aromatic rings. The number of hydrogen-bond acceptors (Lipinski definition) is 6. The first-order valence-corrected chi connectivity index (χ1v) is 6.64. The van der Waals surface area contributed by atoms with Crippen molar-refractivity contribution in [3.8, 4) is 0 Å². The van der Waals surface area contributed by atoms with E-state index in [-0.39, 0.29) is 17.6 Å². The van der Waals surface area contributed by atoms with E-state index in [1.54, 1.807) is 11.8 Å². The van der Waals surface area contributed by atoms with Crippen LogP contribution in [-0.2, 0) is 9.53 Å². The lowest BCUT2D eigenvalue weighted by Crippen LogP contribution is -2.40. The van der Waals surface area contributed by atoms with Crippen molar-refractivity contribution in [2.75, 3.05) is 24.6 Å². The number of nitrogens with zero attached hydrogens (tertiary/aromatic N) is 3. The maximum absolute atomic E-state index is 11.8. The number of hydrogen-bond donors (Lipinski definition) is 0. The summed E-state index contributed by atoms with van der Waals surface area (Å²) in [5.41, 5.74) is -0.0305. The van der Waals surface area contributed by atoms with Crippen LogP contribution in [0.5, 0.6) is 0 Å². The van der Waals surface area contributed by atoms with Crippen LogP contribution in [0, 0.1) is 16.0 Å². The molecule has 1 fully saturated rings. The standard InChI is InChI=1S/C13H17N3O4/c1-2-20-13(17)10-5-4-8-15(9-10)12-11(16(18)19)6-3-7-14-12/h3,6-7,10H,2,4-5,8-9H2,1H3/t10-/m1/s1. The molecule has 1 aliphatic heterocycles. The first-order chi connectivity index (χ1) is 9.63. The van der Waals surface area contributed by atoms with Gasteiger partial charge in [0.05, 0.1) is 17.4 Å². The number of carbonyl (C=O) groups is 1. The molecule has 1 atom stereocenters. The molecule has 0 saturated carbocycles. The molecule has 108 valence electrons.